The van der Waals surface area contributed by atoms with Crippen molar-refractivity contribution < 1.29 is 22.3 Å². The molecule has 7 heteroatoms. The van der Waals surface area contributed by atoms with Gasteiger partial charge >= 0.3 is 0 Å². The number of halogens is 4. The van der Waals surface area contributed by atoms with E-state index in [-0.39, 0.29) is 24.0 Å². The summed E-state index contributed by atoms with van der Waals surface area (Å²) in [6.07, 6.45) is -2.92. The molecule has 112 valence electrons. The first-order valence-electron chi connectivity index (χ1n) is 6.32. The summed E-state index contributed by atoms with van der Waals surface area (Å²) < 4.78 is 57.9. The van der Waals surface area contributed by atoms with E-state index in [0.717, 1.165) is 18.3 Å². The Morgan fingerprint density at radius 1 is 1.40 bits per heavy atom. The second-order valence-electron chi connectivity index (χ2n) is 5.12. The van der Waals surface area contributed by atoms with Crippen molar-refractivity contribution in [1.29, 1.82) is 0 Å². The van der Waals surface area contributed by atoms with Gasteiger partial charge in [0.05, 0.1) is 6.54 Å². The molecule has 0 radical (unpaired) electrons. The molecule has 0 spiro atoms. The van der Waals surface area contributed by atoms with Crippen LogP contribution in [0.4, 0.5) is 17.6 Å². The van der Waals surface area contributed by atoms with Crippen molar-refractivity contribution >= 4 is 0 Å². The Balaban J connectivity index is 2.11. The van der Waals surface area contributed by atoms with E-state index in [9.17, 15) is 17.6 Å². The predicted molar refractivity (Wildman–Crippen MR) is 65.3 cm³/mol. The van der Waals surface area contributed by atoms with Gasteiger partial charge in [-0.1, -0.05) is 0 Å². The quantitative estimate of drug-likeness (QED) is 0.797. The van der Waals surface area contributed by atoms with Crippen LogP contribution >= 0.6 is 0 Å². The Bertz CT molecular complexity index is 467. The third-order valence-corrected chi connectivity index (χ3v) is 3.29. The first-order valence-corrected chi connectivity index (χ1v) is 6.32. The molecule has 20 heavy (non-hydrogen) atoms. The highest BCUT2D eigenvalue weighted by Gasteiger charge is 2.50. The van der Waals surface area contributed by atoms with Gasteiger partial charge in [-0.15, -0.1) is 0 Å². The molecular formula is C13H16F4N2O. The largest absolute Gasteiger partial charge is 0.466 e. The summed E-state index contributed by atoms with van der Waals surface area (Å²) in [4.78, 5) is 5.30. The third kappa shape index (κ3) is 3.20. The van der Waals surface area contributed by atoms with Crippen molar-refractivity contribution in [1.82, 2.24) is 9.88 Å². The van der Waals surface area contributed by atoms with E-state index in [0.29, 0.717) is 0 Å². The molecule has 0 aliphatic carbocycles. The molecule has 0 saturated carbocycles. The summed E-state index contributed by atoms with van der Waals surface area (Å²) in [5, 5.41) is 0. The molecular weight excluding hydrogens is 276 g/mol. The topological polar surface area (TPSA) is 25.4 Å². The van der Waals surface area contributed by atoms with Gasteiger partial charge < -0.3 is 4.74 Å². The summed E-state index contributed by atoms with van der Waals surface area (Å²) in [7, 11) is 0. The van der Waals surface area contributed by atoms with Crippen molar-refractivity contribution in [3.8, 4) is 5.88 Å². The van der Waals surface area contributed by atoms with Crippen molar-refractivity contribution in [2.75, 3.05) is 13.1 Å². The smallest absolute Gasteiger partial charge is 0.297 e. The Morgan fingerprint density at radius 3 is 2.65 bits per heavy atom. The van der Waals surface area contributed by atoms with E-state index < -0.39 is 25.0 Å². The predicted octanol–water partition coefficient (Wildman–Crippen LogP) is 3.13. The number of pyridine rings is 1. The Morgan fingerprint density at radius 2 is 2.10 bits per heavy atom. The second-order valence-corrected chi connectivity index (χ2v) is 5.12. The van der Waals surface area contributed by atoms with E-state index in [4.69, 9.17) is 4.74 Å². The van der Waals surface area contributed by atoms with Crippen LogP contribution in [0.1, 0.15) is 25.8 Å². The summed E-state index contributed by atoms with van der Waals surface area (Å²) in [6, 6.07) is 2.10. The number of alkyl halides is 4. The first kappa shape index (κ1) is 15.0. The van der Waals surface area contributed by atoms with E-state index >= 15 is 0 Å². The molecule has 0 N–H and O–H groups in total. The zero-order valence-electron chi connectivity index (χ0n) is 11.2. The molecule has 1 aliphatic heterocycles. The van der Waals surface area contributed by atoms with E-state index in [1.807, 2.05) is 13.8 Å². The molecule has 1 aromatic rings. The van der Waals surface area contributed by atoms with Crippen molar-refractivity contribution in [2.24, 2.45) is 0 Å². The normalized spacial score (nSPS) is 22.7. The van der Waals surface area contributed by atoms with Gasteiger partial charge in [0.2, 0.25) is 5.88 Å². The maximum Gasteiger partial charge on any atom is 0.297 e. The van der Waals surface area contributed by atoms with Crippen LogP contribution in [0.2, 0.25) is 0 Å². The highest BCUT2D eigenvalue weighted by Crippen LogP contribution is 2.32. The minimum absolute atomic E-state index is 0.0326. The number of nitrogens with zero attached hydrogens (tertiary/aromatic N) is 2. The zero-order valence-corrected chi connectivity index (χ0v) is 11.2. The van der Waals surface area contributed by atoms with Gasteiger partial charge in [-0.2, -0.15) is 0 Å². The van der Waals surface area contributed by atoms with Gasteiger partial charge in [0.15, 0.2) is 6.10 Å². The van der Waals surface area contributed by atoms with Crippen LogP contribution in [0.3, 0.4) is 0 Å². The zero-order chi connectivity index (χ0) is 14.9. The molecule has 0 amide bonds. The molecule has 0 unspecified atom stereocenters. The lowest BCUT2D eigenvalue weighted by atomic mass is 10.2. The van der Waals surface area contributed by atoms with Crippen LogP contribution < -0.4 is 4.74 Å². The van der Waals surface area contributed by atoms with E-state index in [2.05, 4.69) is 4.98 Å². The Kier molecular flexibility index (Phi) is 4.17. The number of hydrogen-bond donors (Lipinski definition) is 0. The average molecular weight is 292 g/mol. The van der Waals surface area contributed by atoms with E-state index in [1.165, 1.54) is 0 Å². The van der Waals surface area contributed by atoms with Crippen LogP contribution in [0, 0.1) is 0 Å². The Hall–Kier alpha value is -1.37. The van der Waals surface area contributed by atoms with Gasteiger partial charge in [0.1, 0.15) is 0 Å². The first-order chi connectivity index (χ1) is 9.29. The molecule has 1 saturated heterocycles. The molecule has 1 fully saturated rings. The fourth-order valence-corrected chi connectivity index (χ4v) is 2.07. The molecule has 2 heterocycles. The fraction of sp³-hybridized carbons (Fsp3) is 0.615. The number of likely N-dealkylation sites (tertiary alicyclic amines) is 1. The van der Waals surface area contributed by atoms with Gasteiger partial charge in [-0.05, 0) is 19.9 Å². The van der Waals surface area contributed by atoms with Crippen LogP contribution in [0.25, 0.3) is 0 Å². The highest BCUT2D eigenvalue weighted by molar-refractivity contribution is 5.22. The van der Waals surface area contributed by atoms with E-state index in [1.54, 1.807) is 4.90 Å². The molecule has 1 aliphatic rings. The number of aromatic nitrogens is 1. The molecule has 1 aromatic heterocycles. The lowest BCUT2D eigenvalue weighted by molar-refractivity contribution is -0.0638. The van der Waals surface area contributed by atoms with Gasteiger partial charge in [0, 0.05) is 30.4 Å². The molecule has 3 nitrogen and oxygen atoms in total. The number of ether oxygens (including phenoxy) is 1. The van der Waals surface area contributed by atoms with Gasteiger partial charge in [-0.3, -0.25) is 4.90 Å². The van der Waals surface area contributed by atoms with Crippen molar-refractivity contribution in [2.45, 2.75) is 38.3 Å². The van der Waals surface area contributed by atoms with Crippen molar-refractivity contribution in [3.63, 3.8) is 0 Å². The Labute approximate surface area is 114 Å². The highest BCUT2D eigenvalue weighted by atomic mass is 19.3. The van der Waals surface area contributed by atoms with Crippen molar-refractivity contribution in [3.05, 3.63) is 23.9 Å². The number of rotatable bonds is 4. The summed E-state index contributed by atoms with van der Waals surface area (Å²) in [5.41, 5.74) is -0.294. The minimum Gasteiger partial charge on any atom is -0.466 e. The molecule has 1 atom stereocenters. The van der Waals surface area contributed by atoms with Gasteiger partial charge in [0.25, 0.3) is 12.3 Å². The molecule has 2 rings (SSSR count). The van der Waals surface area contributed by atoms with Crippen LogP contribution in [0.15, 0.2) is 18.3 Å². The minimum atomic E-state index is -3.02. The van der Waals surface area contributed by atoms with Gasteiger partial charge in [-0.25, -0.2) is 22.5 Å². The summed E-state index contributed by atoms with van der Waals surface area (Å²) >= 11 is 0. The fourth-order valence-electron chi connectivity index (χ4n) is 2.07. The van der Waals surface area contributed by atoms with Crippen LogP contribution in [-0.2, 0) is 0 Å². The van der Waals surface area contributed by atoms with Crippen LogP contribution in [-0.4, -0.2) is 41.0 Å². The summed E-state index contributed by atoms with van der Waals surface area (Å²) in [6.45, 7) is 3.28. The lowest BCUT2D eigenvalue weighted by Crippen LogP contribution is -2.36. The average Bonchev–Trinajstić information content (AvgIpc) is 2.65. The summed E-state index contributed by atoms with van der Waals surface area (Å²) in [5.74, 6) is -3.22. The van der Waals surface area contributed by atoms with Crippen LogP contribution in [0.5, 0.6) is 5.88 Å². The lowest BCUT2D eigenvalue weighted by Gasteiger charge is -2.19. The standard InChI is InChI=1S/C13H16F4N2O/c1-8(2)19-6-10(13(16,17)7-19)20-11-5-9(12(14)15)3-4-18-11/h3-5,8,10,12H,6-7H2,1-2H3/t10-/m0/s1. The number of hydrogen-bond acceptors (Lipinski definition) is 3. The third-order valence-electron chi connectivity index (χ3n) is 3.29. The maximum absolute atomic E-state index is 13.8. The SMILES string of the molecule is CC(C)N1C[C@H](Oc2cc(C(F)F)ccn2)C(F)(F)C1. The maximum atomic E-state index is 13.8. The molecule has 0 bridgehead atoms. The monoisotopic (exact) mass is 292 g/mol. The second kappa shape index (κ2) is 5.55. The molecule has 0 aromatic carbocycles.